The second-order valence-electron chi connectivity index (χ2n) is 13.7. The third kappa shape index (κ3) is 4.04. The molecule has 2 nitrogen and oxygen atoms in total. The Labute approximate surface area is 198 Å². The van der Waals surface area contributed by atoms with Crippen molar-refractivity contribution >= 4 is 0 Å². The maximum absolute atomic E-state index is 11.7. The molecule has 0 amide bonds. The predicted octanol–water partition coefficient (Wildman–Crippen LogP) is 7.39. The van der Waals surface area contributed by atoms with E-state index < -0.39 is 5.60 Å². The van der Waals surface area contributed by atoms with Crippen LogP contribution in [0.25, 0.3) is 0 Å². The fraction of sp³-hybridized carbons (Fsp3) is 0.933. The van der Waals surface area contributed by atoms with Gasteiger partial charge in [-0.1, -0.05) is 46.6 Å². The fourth-order valence-corrected chi connectivity index (χ4v) is 10.1. The average molecular weight is 445 g/mol. The van der Waals surface area contributed by atoms with E-state index in [1.165, 1.54) is 51.4 Å². The molecule has 184 valence electrons. The summed E-state index contributed by atoms with van der Waals surface area (Å²) in [5.74, 6) is 4.67. The largest absolute Gasteiger partial charge is 0.393 e. The molecule has 0 radical (unpaired) electrons. The van der Waals surface area contributed by atoms with E-state index in [1.807, 2.05) is 6.08 Å². The summed E-state index contributed by atoms with van der Waals surface area (Å²) >= 11 is 0. The highest BCUT2D eigenvalue weighted by Gasteiger charge is 2.63. The molecule has 32 heavy (non-hydrogen) atoms. The van der Waals surface area contributed by atoms with E-state index in [-0.39, 0.29) is 6.10 Å². The Kier molecular flexibility index (Phi) is 6.99. The summed E-state index contributed by atoms with van der Waals surface area (Å²) in [4.78, 5) is 0. The van der Waals surface area contributed by atoms with Crippen molar-refractivity contribution in [2.75, 3.05) is 0 Å². The number of aliphatic hydroxyl groups is 2. The number of rotatable bonds is 7. The van der Waals surface area contributed by atoms with Crippen LogP contribution in [0.4, 0.5) is 0 Å². The maximum Gasteiger partial charge on any atom is 0.0653 e. The molecule has 1 unspecified atom stereocenters. The first-order chi connectivity index (χ1) is 15.0. The first-order valence-corrected chi connectivity index (χ1v) is 14.1. The van der Waals surface area contributed by atoms with E-state index in [2.05, 4.69) is 41.2 Å². The van der Waals surface area contributed by atoms with Gasteiger partial charge in [-0.3, -0.25) is 0 Å². The molecular weight excluding hydrogens is 392 g/mol. The van der Waals surface area contributed by atoms with Crippen molar-refractivity contribution in [2.45, 2.75) is 123 Å². The van der Waals surface area contributed by atoms with Gasteiger partial charge in [0.25, 0.3) is 0 Å². The van der Waals surface area contributed by atoms with Crippen molar-refractivity contribution in [1.29, 1.82) is 0 Å². The standard InChI is InChI=1S/C30H52O2/c1-7-9-22-24-12-11-21-23-13-14-27(30(6,32)17-8-10-20(2)3)29(23,5)18-15-25(21)28(24,4)19-16-26(22)31/h7,20-27,31-32H,1,8-19H2,2-6H3/t21-,22-,23-,24?,25-,26+,27-,28-,29-,30-/m0/s1. The summed E-state index contributed by atoms with van der Waals surface area (Å²) < 4.78 is 0. The van der Waals surface area contributed by atoms with Crippen LogP contribution in [0.1, 0.15) is 112 Å². The first-order valence-electron chi connectivity index (χ1n) is 14.1. The molecule has 0 aromatic carbocycles. The molecule has 2 N–H and O–H groups in total. The van der Waals surface area contributed by atoms with Gasteiger partial charge in [0.1, 0.15) is 0 Å². The number of aliphatic hydroxyl groups excluding tert-OH is 1. The van der Waals surface area contributed by atoms with Crippen LogP contribution >= 0.6 is 0 Å². The van der Waals surface area contributed by atoms with Gasteiger partial charge in [-0.2, -0.15) is 0 Å². The SMILES string of the molecule is C=CC[C@H]1C2CC[C@H]3[C@@H]4CC[C@H]([C@@](C)(O)CCCC(C)C)[C@@]4(C)CC[C@@H]3[C@@]2(C)CC[C@H]1O. The highest BCUT2D eigenvalue weighted by molar-refractivity contribution is 5.12. The van der Waals surface area contributed by atoms with Gasteiger partial charge in [0.15, 0.2) is 0 Å². The van der Waals surface area contributed by atoms with Crippen LogP contribution in [0.15, 0.2) is 12.7 Å². The highest BCUT2D eigenvalue weighted by Crippen LogP contribution is 2.69. The van der Waals surface area contributed by atoms with E-state index in [4.69, 9.17) is 0 Å². The van der Waals surface area contributed by atoms with Crippen LogP contribution < -0.4 is 0 Å². The van der Waals surface area contributed by atoms with Crippen LogP contribution in [-0.2, 0) is 0 Å². The molecule has 0 aromatic heterocycles. The molecule has 4 saturated carbocycles. The summed E-state index contributed by atoms with van der Waals surface area (Å²) in [6.45, 7) is 15.9. The molecule has 4 fully saturated rings. The molecule has 0 spiro atoms. The van der Waals surface area contributed by atoms with Crippen molar-refractivity contribution in [2.24, 2.45) is 52.3 Å². The highest BCUT2D eigenvalue weighted by atomic mass is 16.3. The van der Waals surface area contributed by atoms with Crippen molar-refractivity contribution in [1.82, 2.24) is 0 Å². The van der Waals surface area contributed by atoms with E-state index in [9.17, 15) is 10.2 Å². The molecule has 4 rings (SSSR count). The minimum atomic E-state index is -0.518. The average Bonchev–Trinajstić information content (AvgIpc) is 3.08. The normalized spacial score (nSPS) is 47.9. The van der Waals surface area contributed by atoms with Crippen LogP contribution in [-0.4, -0.2) is 21.9 Å². The van der Waals surface area contributed by atoms with Gasteiger partial charge in [-0.05, 0) is 123 Å². The maximum atomic E-state index is 11.7. The van der Waals surface area contributed by atoms with Crippen LogP contribution in [0.3, 0.4) is 0 Å². The lowest BCUT2D eigenvalue weighted by atomic mass is 9.42. The Morgan fingerprint density at radius 2 is 1.62 bits per heavy atom. The number of fused-ring (bicyclic) bond motifs is 5. The lowest BCUT2D eigenvalue weighted by Crippen LogP contribution is -2.57. The van der Waals surface area contributed by atoms with Crippen molar-refractivity contribution in [3.63, 3.8) is 0 Å². The predicted molar refractivity (Wildman–Crippen MR) is 134 cm³/mol. The van der Waals surface area contributed by atoms with E-state index >= 15 is 0 Å². The number of hydrogen-bond acceptors (Lipinski definition) is 2. The van der Waals surface area contributed by atoms with Crippen LogP contribution in [0.2, 0.25) is 0 Å². The second kappa shape index (κ2) is 9.03. The Morgan fingerprint density at radius 1 is 0.969 bits per heavy atom. The molecule has 0 saturated heterocycles. The Morgan fingerprint density at radius 3 is 2.31 bits per heavy atom. The molecule has 0 aromatic rings. The fourth-order valence-electron chi connectivity index (χ4n) is 10.1. The summed E-state index contributed by atoms with van der Waals surface area (Å²) in [5.41, 5.74) is 0.172. The molecule has 10 atom stereocenters. The summed E-state index contributed by atoms with van der Waals surface area (Å²) in [6.07, 6.45) is 16.2. The molecule has 2 heteroatoms. The number of hydrogen-bond donors (Lipinski definition) is 2. The van der Waals surface area contributed by atoms with E-state index in [1.54, 1.807) is 0 Å². The van der Waals surface area contributed by atoms with E-state index in [0.29, 0.717) is 28.6 Å². The van der Waals surface area contributed by atoms with Crippen LogP contribution in [0, 0.1) is 52.3 Å². The van der Waals surface area contributed by atoms with E-state index in [0.717, 1.165) is 49.4 Å². The first kappa shape index (κ1) is 24.8. The van der Waals surface area contributed by atoms with Gasteiger partial charge in [0, 0.05) is 0 Å². The van der Waals surface area contributed by atoms with Crippen LogP contribution in [0.5, 0.6) is 0 Å². The minimum Gasteiger partial charge on any atom is -0.393 e. The number of allylic oxidation sites excluding steroid dienone is 1. The van der Waals surface area contributed by atoms with Gasteiger partial charge in [-0.25, -0.2) is 0 Å². The smallest absolute Gasteiger partial charge is 0.0653 e. The zero-order valence-corrected chi connectivity index (χ0v) is 21.8. The molecule has 0 heterocycles. The molecule has 4 aliphatic rings. The van der Waals surface area contributed by atoms with Gasteiger partial charge < -0.3 is 10.2 Å². The molecule has 0 bridgehead atoms. The molecule has 4 aliphatic carbocycles. The zero-order chi connectivity index (χ0) is 23.3. The Balaban J connectivity index is 1.52. The lowest BCUT2D eigenvalue weighted by Gasteiger charge is -2.63. The lowest BCUT2D eigenvalue weighted by molar-refractivity contribution is -0.161. The quantitative estimate of drug-likeness (QED) is 0.402. The third-order valence-corrected chi connectivity index (χ3v) is 11.6. The minimum absolute atomic E-state index is 0.131. The Hall–Kier alpha value is -0.340. The Bertz CT molecular complexity index is 668. The van der Waals surface area contributed by atoms with Gasteiger partial charge in [0.2, 0.25) is 0 Å². The van der Waals surface area contributed by atoms with Gasteiger partial charge in [0.05, 0.1) is 11.7 Å². The second-order valence-corrected chi connectivity index (χ2v) is 13.7. The monoisotopic (exact) mass is 444 g/mol. The summed E-state index contributed by atoms with van der Waals surface area (Å²) in [5, 5.41) is 22.4. The molecule has 0 aliphatic heterocycles. The van der Waals surface area contributed by atoms with Crippen molar-refractivity contribution < 1.29 is 10.2 Å². The topological polar surface area (TPSA) is 40.5 Å². The summed E-state index contributed by atoms with van der Waals surface area (Å²) in [7, 11) is 0. The summed E-state index contributed by atoms with van der Waals surface area (Å²) in [6, 6.07) is 0. The van der Waals surface area contributed by atoms with Crippen molar-refractivity contribution in [3.05, 3.63) is 12.7 Å². The third-order valence-electron chi connectivity index (χ3n) is 11.6. The zero-order valence-electron chi connectivity index (χ0n) is 21.8. The molecular formula is C30H52O2. The van der Waals surface area contributed by atoms with Gasteiger partial charge in [-0.15, -0.1) is 6.58 Å². The van der Waals surface area contributed by atoms with Gasteiger partial charge >= 0.3 is 0 Å². The van der Waals surface area contributed by atoms with Crippen molar-refractivity contribution in [3.8, 4) is 0 Å².